The molecule has 0 aromatic carbocycles. The zero-order chi connectivity index (χ0) is 14.3. The molecule has 2 saturated carbocycles. The molecule has 0 saturated heterocycles. The number of rotatable bonds is 4. The second-order valence-electron chi connectivity index (χ2n) is 6.26. The Bertz CT molecular complexity index is 532. The smallest absolute Gasteiger partial charge is 0.339 e. The van der Waals surface area contributed by atoms with Gasteiger partial charge in [-0.15, -0.1) is 0 Å². The number of anilines is 2. The number of aromatic carboxylic acids is 1. The van der Waals surface area contributed by atoms with E-state index in [2.05, 4.69) is 4.98 Å². The molecule has 0 spiro atoms. The van der Waals surface area contributed by atoms with Crippen LogP contribution in [0.1, 0.15) is 36.0 Å². The molecule has 3 N–H and O–H groups in total. The summed E-state index contributed by atoms with van der Waals surface area (Å²) < 4.78 is 0. The number of nitrogens with two attached hydrogens (primary N) is 1. The van der Waals surface area contributed by atoms with Crippen molar-refractivity contribution in [2.75, 3.05) is 24.2 Å². The van der Waals surface area contributed by atoms with Crippen molar-refractivity contribution < 1.29 is 9.90 Å². The Morgan fingerprint density at radius 2 is 2.30 bits per heavy atom. The van der Waals surface area contributed by atoms with E-state index < -0.39 is 5.97 Å². The van der Waals surface area contributed by atoms with Crippen molar-refractivity contribution in [3.8, 4) is 0 Å². The molecule has 3 unspecified atom stereocenters. The number of carboxylic acids is 1. The highest BCUT2D eigenvalue weighted by Gasteiger charge is 2.39. The van der Waals surface area contributed by atoms with E-state index in [1.165, 1.54) is 37.9 Å². The normalized spacial score (nSPS) is 27.8. The van der Waals surface area contributed by atoms with E-state index in [0.717, 1.165) is 18.4 Å². The third-order valence-corrected chi connectivity index (χ3v) is 4.87. The molecule has 108 valence electrons. The van der Waals surface area contributed by atoms with Gasteiger partial charge in [-0.25, -0.2) is 9.78 Å². The first-order valence-electron chi connectivity index (χ1n) is 7.24. The van der Waals surface area contributed by atoms with E-state index in [9.17, 15) is 9.90 Å². The molecule has 2 bridgehead atoms. The van der Waals surface area contributed by atoms with E-state index >= 15 is 0 Å². The van der Waals surface area contributed by atoms with Crippen LogP contribution in [0.3, 0.4) is 0 Å². The Labute approximate surface area is 118 Å². The Hall–Kier alpha value is -1.78. The molecule has 0 aliphatic heterocycles. The lowest BCUT2D eigenvalue weighted by atomic mass is 9.88. The van der Waals surface area contributed by atoms with Gasteiger partial charge in [0, 0.05) is 13.6 Å². The van der Waals surface area contributed by atoms with E-state index in [4.69, 9.17) is 5.73 Å². The Morgan fingerprint density at radius 1 is 1.50 bits per heavy atom. The minimum atomic E-state index is -0.973. The minimum absolute atomic E-state index is 0.190. The minimum Gasteiger partial charge on any atom is -0.478 e. The van der Waals surface area contributed by atoms with Crippen molar-refractivity contribution in [1.82, 2.24) is 4.98 Å². The van der Waals surface area contributed by atoms with Crippen LogP contribution in [0.4, 0.5) is 11.5 Å². The van der Waals surface area contributed by atoms with Crippen LogP contribution < -0.4 is 10.6 Å². The predicted molar refractivity (Wildman–Crippen MR) is 77.8 cm³/mol. The summed E-state index contributed by atoms with van der Waals surface area (Å²) in [5.74, 6) is 1.95. The average Bonchev–Trinajstić information content (AvgIpc) is 3.00. The van der Waals surface area contributed by atoms with Crippen molar-refractivity contribution in [2.45, 2.75) is 25.7 Å². The van der Waals surface area contributed by atoms with Gasteiger partial charge in [0.25, 0.3) is 0 Å². The molecule has 5 nitrogen and oxygen atoms in total. The van der Waals surface area contributed by atoms with Gasteiger partial charge in [-0.2, -0.15) is 0 Å². The quantitative estimate of drug-likeness (QED) is 0.881. The van der Waals surface area contributed by atoms with Crippen LogP contribution in [0.15, 0.2) is 12.3 Å². The number of fused-ring (bicyclic) bond motifs is 2. The first-order valence-corrected chi connectivity index (χ1v) is 7.24. The highest BCUT2D eigenvalue weighted by atomic mass is 16.4. The second-order valence-corrected chi connectivity index (χ2v) is 6.26. The predicted octanol–water partition coefficient (Wildman–Crippen LogP) is 2.23. The van der Waals surface area contributed by atoms with E-state index in [1.54, 1.807) is 0 Å². The average molecular weight is 275 g/mol. The lowest BCUT2D eigenvalue weighted by Crippen LogP contribution is -2.30. The molecule has 2 fully saturated rings. The van der Waals surface area contributed by atoms with Crippen LogP contribution in [-0.4, -0.2) is 29.7 Å². The summed E-state index contributed by atoms with van der Waals surface area (Å²) in [5, 5.41) is 9.28. The molecule has 1 aromatic rings. The second kappa shape index (κ2) is 4.96. The van der Waals surface area contributed by atoms with Crippen LogP contribution in [0.25, 0.3) is 0 Å². The highest BCUT2D eigenvalue weighted by Crippen LogP contribution is 2.48. The number of aromatic nitrogens is 1. The van der Waals surface area contributed by atoms with E-state index in [1.807, 2.05) is 11.9 Å². The van der Waals surface area contributed by atoms with E-state index in [-0.39, 0.29) is 5.56 Å². The molecule has 5 heteroatoms. The maximum atomic E-state index is 11.3. The topological polar surface area (TPSA) is 79.5 Å². The Kier molecular flexibility index (Phi) is 3.28. The van der Waals surface area contributed by atoms with Crippen molar-refractivity contribution in [2.24, 2.45) is 17.8 Å². The standard InChI is InChI=1S/C15H21N3O2/c1-18(8-11-5-9-2-3-10(11)4-9)14-13(15(19)20)6-12(16)7-17-14/h6-7,9-11H,2-5,8,16H2,1H3,(H,19,20). The van der Waals surface area contributed by atoms with Crippen molar-refractivity contribution in [1.29, 1.82) is 0 Å². The summed E-state index contributed by atoms with van der Waals surface area (Å²) in [7, 11) is 1.93. The number of nitrogen functional groups attached to an aromatic ring is 1. The van der Waals surface area contributed by atoms with Crippen molar-refractivity contribution in [3.05, 3.63) is 17.8 Å². The first kappa shape index (κ1) is 13.2. The van der Waals surface area contributed by atoms with E-state index in [0.29, 0.717) is 17.4 Å². The van der Waals surface area contributed by atoms with Crippen molar-refractivity contribution >= 4 is 17.5 Å². The summed E-state index contributed by atoms with van der Waals surface area (Å²) in [5.41, 5.74) is 6.21. The van der Waals surface area contributed by atoms with Gasteiger partial charge in [-0.1, -0.05) is 6.42 Å². The zero-order valence-corrected chi connectivity index (χ0v) is 11.7. The fourth-order valence-electron chi connectivity index (χ4n) is 3.97. The summed E-state index contributed by atoms with van der Waals surface area (Å²) in [6, 6.07) is 1.49. The molecule has 20 heavy (non-hydrogen) atoms. The van der Waals surface area contributed by atoms with Gasteiger partial charge >= 0.3 is 5.97 Å². The SMILES string of the molecule is CN(CC1CC2CCC1C2)c1ncc(N)cc1C(=O)O. The summed E-state index contributed by atoms with van der Waals surface area (Å²) in [4.78, 5) is 17.5. The van der Waals surface area contributed by atoms with Crippen LogP contribution in [0, 0.1) is 17.8 Å². The first-order chi connectivity index (χ1) is 9.54. The molecule has 2 aliphatic carbocycles. The molecular formula is C15H21N3O2. The molecule has 2 aliphatic rings. The molecule has 1 aromatic heterocycles. The third-order valence-electron chi connectivity index (χ3n) is 4.87. The fourth-order valence-corrected chi connectivity index (χ4v) is 3.97. The number of carbonyl (C=O) groups is 1. The number of pyridine rings is 1. The van der Waals surface area contributed by atoms with Gasteiger partial charge in [-0.05, 0) is 43.1 Å². The van der Waals surface area contributed by atoms with Crippen LogP contribution in [-0.2, 0) is 0 Å². The molecular weight excluding hydrogens is 254 g/mol. The van der Waals surface area contributed by atoms with Gasteiger partial charge < -0.3 is 15.7 Å². The third kappa shape index (κ3) is 2.32. The summed E-state index contributed by atoms with van der Waals surface area (Å²) in [6.07, 6.45) is 6.89. The summed E-state index contributed by atoms with van der Waals surface area (Å²) in [6.45, 7) is 0.887. The monoisotopic (exact) mass is 275 g/mol. The molecule has 1 heterocycles. The Morgan fingerprint density at radius 3 is 2.90 bits per heavy atom. The maximum absolute atomic E-state index is 11.3. The fraction of sp³-hybridized carbons (Fsp3) is 0.600. The highest BCUT2D eigenvalue weighted by molar-refractivity contribution is 5.94. The molecule has 0 amide bonds. The lowest BCUT2D eigenvalue weighted by molar-refractivity contribution is 0.0697. The maximum Gasteiger partial charge on any atom is 0.339 e. The number of nitrogens with zero attached hydrogens (tertiary/aromatic N) is 2. The van der Waals surface area contributed by atoms with Gasteiger partial charge in [-0.3, -0.25) is 0 Å². The number of carboxylic acid groups (broad SMARTS) is 1. The number of hydrogen-bond donors (Lipinski definition) is 2. The van der Waals surface area contributed by atoms with Crippen LogP contribution in [0.2, 0.25) is 0 Å². The van der Waals surface area contributed by atoms with Gasteiger partial charge in [0.1, 0.15) is 11.4 Å². The summed E-state index contributed by atoms with van der Waals surface area (Å²) >= 11 is 0. The van der Waals surface area contributed by atoms with Crippen LogP contribution >= 0.6 is 0 Å². The Balaban J connectivity index is 1.77. The zero-order valence-electron chi connectivity index (χ0n) is 11.7. The van der Waals surface area contributed by atoms with Crippen LogP contribution in [0.5, 0.6) is 0 Å². The van der Waals surface area contributed by atoms with Gasteiger partial charge in [0.2, 0.25) is 0 Å². The number of hydrogen-bond acceptors (Lipinski definition) is 4. The van der Waals surface area contributed by atoms with Crippen molar-refractivity contribution in [3.63, 3.8) is 0 Å². The van der Waals surface area contributed by atoms with Gasteiger partial charge in [0.05, 0.1) is 11.9 Å². The lowest BCUT2D eigenvalue weighted by Gasteiger charge is -2.28. The molecule has 3 rings (SSSR count). The molecule has 3 atom stereocenters. The molecule has 0 radical (unpaired) electrons. The van der Waals surface area contributed by atoms with Gasteiger partial charge in [0.15, 0.2) is 0 Å². The largest absolute Gasteiger partial charge is 0.478 e.